The molecule has 0 spiro atoms. The second-order valence-electron chi connectivity index (χ2n) is 4.93. The predicted molar refractivity (Wildman–Crippen MR) is 70.2 cm³/mol. The van der Waals surface area contributed by atoms with Crippen LogP contribution in [0.3, 0.4) is 0 Å². The summed E-state index contributed by atoms with van der Waals surface area (Å²) in [6, 6.07) is 3.66. The van der Waals surface area contributed by atoms with Gasteiger partial charge < -0.3 is 14.9 Å². The van der Waals surface area contributed by atoms with Gasteiger partial charge in [0, 0.05) is 31.4 Å². The maximum absolute atomic E-state index is 11.3. The smallest absolute Gasteiger partial charge is 0.339 e. The zero-order valence-electron chi connectivity index (χ0n) is 11.1. The summed E-state index contributed by atoms with van der Waals surface area (Å²) in [5.74, 6) is -0.313. The average Bonchev–Trinajstić information content (AvgIpc) is 2.28. The molecule has 0 aliphatic carbocycles. The van der Waals surface area contributed by atoms with Crippen LogP contribution in [-0.2, 0) is 0 Å². The number of hydrogen-bond acceptors (Lipinski definition) is 4. The van der Waals surface area contributed by atoms with Gasteiger partial charge in [0.25, 0.3) is 0 Å². The Labute approximate surface area is 107 Å². The fraction of sp³-hybridized carbons (Fsp3) is 0.538. The highest BCUT2D eigenvalue weighted by Crippen LogP contribution is 2.23. The molecule has 0 aromatic carbocycles. The van der Waals surface area contributed by atoms with Crippen molar-refractivity contribution in [1.82, 2.24) is 9.88 Å². The quantitative estimate of drug-likeness (QED) is 0.854. The molecule has 98 valence electrons. The molecule has 2 rings (SSSR count). The number of pyridine rings is 1. The van der Waals surface area contributed by atoms with E-state index in [4.69, 9.17) is 0 Å². The Kier molecular flexibility index (Phi) is 3.52. The number of anilines is 1. The number of hydrogen-bond donors (Lipinski definition) is 1. The van der Waals surface area contributed by atoms with Gasteiger partial charge in [-0.3, -0.25) is 0 Å². The molecule has 5 heteroatoms. The molecule has 0 amide bonds. The van der Waals surface area contributed by atoms with E-state index in [0.717, 1.165) is 25.3 Å². The molecular formula is C13H19N3O2. The summed E-state index contributed by atoms with van der Waals surface area (Å²) < 4.78 is 0. The molecule has 1 N–H and O–H groups in total. The van der Waals surface area contributed by atoms with Crippen molar-refractivity contribution in [2.45, 2.75) is 19.9 Å². The number of likely N-dealkylation sites (N-methyl/N-ethyl adjacent to an activating group) is 1. The molecule has 2 heterocycles. The van der Waals surface area contributed by atoms with Crippen molar-refractivity contribution < 1.29 is 9.90 Å². The van der Waals surface area contributed by atoms with Crippen LogP contribution in [0.4, 0.5) is 5.82 Å². The molecule has 0 saturated carbocycles. The lowest BCUT2D eigenvalue weighted by molar-refractivity contribution is 0.0697. The minimum Gasteiger partial charge on any atom is -0.478 e. The molecule has 1 saturated heterocycles. The summed E-state index contributed by atoms with van der Waals surface area (Å²) in [5, 5.41) is 9.25. The van der Waals surface area contributed by atoms with Crippen LogP contribution in [0.25, 0.3) is 0 Å². The zero-order valence-corrected chi connectivity index (χ0v) is 11.1. The maximum atomic E-state index is 11.3. The van der Waals surface area contributed by atoms with E-state index in [1.807, 2.05) is 6.92 Å². The third-order valence-electron chi connectivity index (χ3n) is 3.35. The Bertz CT molecular complexity index is 462. The molecule has 1 fully saturated rings. The number of aromatic carboxylic acids is 1. The summed E-state index contributed by atoms with van der Waals surface area (Å²) in [6.07, 6.45) is 0. The lowest BCUT2D eigenvalue weighted by Gasteiger charge is -2.39. The number of aryl methyl sites for hydroxylation is 1. The first-order valence-electron chi connectivity index (χ1n) is 6.15. The van der Waals surface area contributed by atoms with Gasteiger partial charge in [-0.05, 0) is 33.0 Å². The van der Waals surface area contributed by atoms with E-state index in [2.05, 4.69) is 28.8 Å². The van der Waals surface area contributed by atoms with E-state index < -0.39 is 5.97 Å². The summed E-state index contributed by atoms with van der Waals surface area (Å²) >= 11 is 0. The molecule has 5 nitrogen and oxygen atoms in total. The third kappa shape index (κ3) is 2.46. The van der Waals surface area contributed by atoms with Crippen molar-refractivity contribution in [2.24, 2.45) is 0 Å². The van der Waals surface area contributed by atoms with Crippen LogP contribution in [-0.4, -0.2) is 53.7 Å². The van der Waals surface area contributed by atoms with E-state index in [1.54, 1.807) is 12.1 Å². The van der Waals surface area contributed by atoms with Gasteiger partial charge in [-0.25, -0.2) is 9.78 Å². The number of piperazine rings is 1. The third-order valence-corrected chi connectivity index (χ3v) is 3.35. The molecular weight excluding hydrogens is 230 g/mol. The van der Waals surface area contributed by atoms with Gasteiger partial charge in [0.1, 0.15) is 11.4 Å². The van der Waals surface area contributed by atoms with Gasteiger partial charge in [0.05, 0.1) is 0 Å². The Morgan fingerprint density at radius 1 is 1.44 bits per heavy atom. The normalized spacial score (nSPS) is 21.1. The van der Waals surface area contributed by atoms with Crippen molar-refractivity contribution >= 4 is 11.8 Å². The minimum absolute atomic E-state index is 0.274. The predicted octanol–water partition coefficient (Wildman–Crippen LogP) is 1.23. The molecule has 1 aliphatic heterocycles. The van der Waals surface area contributed by atoms with E-state index in [9.17, 15) is 9.90 Å². The van der Waals surface area contributed by atoms with Crippen LogP contribution in [0.2, 0.25) is 0 Å². The van der Waals surface area contributed by atoms with Gasteiger partial charge in [-0.15, -0.1) is 0 Å². The van der Waals surface area contributed by atoms with Gasteiger partial charge in [-0.1, -0.05) is 0 Å². The number of carboxylic acids is 1. The molecule has 18 heavy (non-hydrogen) atoms. The van der Waals surface area contributed by atoms with Crippen molar-refractivity contribution in [3.8, 4) is 0 Å². The summed E-state index contributed by atoms with van der Waals surface area (Å²) in [4.78, 5) is 20.0. The van der Waals surface area contributed by atoms with Gasteiger partial charge in [-0.2, -0.15) is 0 Å². The Hall–Kier alpha value is -1.62. The highest BCUT2D eigenvalue weighted by Gasteiger charge is 2.26. The molecule has 1 aromatic heterocycles. The Morgan fingerprint density at radius 2 is 2.17 bits per heavy atom. The largest absolute Gasteiger partial charge is 0.478 e. The molecule has 0 bridgehead atoms. The molecule has 1 aliphatic rings. The second kappa shape index (κ2) is 4.94. The van der Waals surface area contributed by atoms with Crippen molar-refractivity contribution in [3.63, 3.8) is 0 Å². The van der Waals surface area contributed by atoms with Crippen molar-refractivity contribution in [3.05, 3.63) is 23.4 Å². The Morgan fingerprint density at radius 3 is 2.78 bits per heavy atom. The lowest BCUT2D eigenvalue weighted by Crippen LogP contribution is -2.51. The van der Waals surface area contributed by atoms with Crippen LogP contribution in [0.15, 0.2) is 12.1 Å². The SMILES string of the molecule is Cc1ccc(C(=O)O)c(N2CCN(C)CC2C)n1. The fourth-order valence-corrected chi connectivity index (χ4v) is 2.38. The fourth-order valence-electron chi connectivity index (χ4n) is 2.38. The summed E-state index contributed by atoms with van der Waals surface area (Å²) in [7, 11) is 2.08. The number of rotatable bonds is 2. The summed E-state index contributed by atoms with van der Waals surface area (Å²) in [5.41, 5.74) is 1.14. The van der Waals surface area contributed by atoms with Crippen molar-refractivity contribution in [1.29, 1.82) is 0 Å². The standard InChI is InChI=1S/C13H19N3O2/c1-9-4-5-11(13(17)18)12(14-9)16-7-6-15(3)8-10(16)2/h4-5,10H,6-8H2,1-3H3,(H,17,18). The monoisotopic (exact) mass is 249 g/mol. The van der Waals surface area contributed by atoms with Crippen LogP contribution >= 0.6 is 0 Å². The minimum atomic E-state index is -0.913. The van der Waals surface area contributed by atoms with Crippen LogP contribution in [0.1, 0.15) is 23.0 Å². The molecule has 1 atom stereocenters. The number of nitrogens with zero attached hydrogens (tertiary/aromatic N) is 3. The lowest BCUT2D eigenvalue weighted by atomic mass is 10.1. The molecule has 1 unspecified atom stereocenters. The van der Waals surface area contributed by atoms with E-state index in [0.29, 0.717) is 5.82 Å². The van der Waals surface area contributed by atoms with Crippen molar-refractivity contribution in [2.75, 3.05) is 31.6 Å². The van der Waals surface area contributed by atoms with E-state index in [1.165, 1.54) is 0 Å². The average molecular weight is 249 g/mol. The maximum Gasteiger partial charge on any atom is 0.339 e. The van der Waals surface area contributed by atoms with Gasteiger partial charge in [0.2, 0.25) is 0 Å². The zero-order chi connectivity index (χ0) is 13.3. The van der Waals surface area contributed by atoms with Crippen LogP contribution in [0, 0.1) is 6.92 Å². The highest BCUT2D eigenvalue weighted by molar-refractivity contribution is 5.93. The Balaban J connectivity index is 2.37. The molecule has 0 radical (unpaired) electrons. The van der Waals surface area contributed by atoms with Crippen LogP contribution in [0.5, 0.6) is 0 Å². The molecule has 1 aromatic rings. The van der Waals surface area contributed by atoms with Gasteiger partial charge in [0.15, 0.2) is 0 Å². The number of carboxylic acid groups (broad SMARTS) is 1. The first-order valence-corrected chi connectivity index (χ1v) is 6.15. The second-order valence-corrected chi connectivity index (χ2v) is 4.93. The first-order chi connectivity index (χ1) is 8.49. The topological polar surface area (TPSA) is 56.7 Å². The highest BCUT2D eigenvalue weighted by atomic mass is 16.4. The van der Waals surface area contributed by atoms with Gasteiger partial charge >= 0.3 is 5.97 Å². The number of aromatic nitrogens is 1. The number of carbonyl (C=O) groups is 1. The first kappa shape index (κ1) is 12.8. The summed E-state index contributed by atoms with van der Waals surface area (Å²) in [6.45, 7) is 6.66. The van der Waals surface area contributed by atoms with E-state index in [-0.39, 0.29) is 11.6 Å². The van der Waals surface area contributed by atoms with Crippen LogP contribution < -0.4 is 4.90 Å². The van der Waals surface area contributed by atoms with E-state index >= 15 is 0 Å².